The van der Waals surface area contributed by atoms with E-state index in [9.17, 15) is 5.11 Å². The summed E-state index contributed by atoms with van der Waals surface area (Å²) in [6.45, 7) is 0.701. The van der Waals surface area contributed by atoms with Crippen LogP contribution in [0.15, 0.2) is 0 Å². The van der Waals surface area contributed by atoms with Crippen molar-refractivity contribution in [3.8, 4) is 0 Å². The molecule has 62 valence electrons. The minimum Gasteiger partial charge on any atom is -0.374 e. The first-order valence-corrected chi connectivity index (χ1v) is 4.31. The fourth-order valence-corrected chi connectivity index (χ4v) is 2.75. The molecule has 0 aromatic heterocycles. The zero-order valence-corrected chi connectivity index (χ0v) is 6.27. The Kier molecular flexibility index (Phi) is 1.15. The number of aliphatic hydroxyl groups excluding tert-OH is 1. The van der Waals surface area contributed by atoms with Crippen LogP contribution in [0.2, 0.25) is 0 Å². The highest BCUT2D eigenvalue weighted by atomic mass is 16.6. The molecule has 2 bridgehead atoms. The van der Waals surface area contributed by atoms with Crippen LogP contribution in [-0.4, -0.2) is 30.2 Å². The summed E-state index contributed by atoms with van der Waals surface area (Å²) in [5, 5.41) is 9.42. The molecule has 3 heterocycles. The van der Waals surface area contributed by atoms with Gasteiger partial charge in [0.2, 0.25) is 0 Å². The maximum absolute atomic E-state index is 9.42. The molecule has 11 heavy (non-hydrogen) atoms. The summed E-state index contributed by atoms with van der Waals surface area (Å²) in [6.07, 6.45) is 2.42. The lowest BCUT2D eigenvalue weighted by Crippen LogP contribution is -2.30. The molecule has 0 amide bonds. The lowest BCUT2D eigenvalue weighted by molar-refractivity contribution is -0.105. The third kappa shape index (κ3) is 0.687. The Morgan fingerprint density at radius 3 is 2.82 bits per heavy atom. The molecule has 3 heteroatoms. The second-order valence-corrected chi connectivity index (χ2v) is 3.76. The van der Waals surface area contributed by atoms with Crippen molar-refractivity contribution in [3.05, 3.63) is 0 Å². The molecule has 0 aliphatic carbocycles. The normalized spacial score (nSPS) is 60.3. The summed E-state index contributed by atoms with van der Waals surface area (Å²) < 4.78 is 10.8. The topological polar surface area (TPSA) is 38.7 Å². The molecule has 0 aromatic carbocycles. The third-order valence-electron chi connectivity index (χ3n) is 3.28. The van der Waals surface area contributed by atoms with Crippen LogP contribution in [0, 0.1) is 11.8 Å². The number of fused-ring (bicyclic) bond motifs is 5. The Hall–Kier alpha value is -0.120. The highest BCUT2D eigenvalue weighted by Gasteiger charge is 2.55. The summed E-state index contributed by atoms with van der Waals surface area (Å²) in [4.78, 5) is 0. The van der Waals surface area contributed by atoms with Crippen LogP contribution in [0.5, 0.6) is 0 Å². The van der Waals surface area contributed by atoms with Gasteiger partial charge in [0.1, 0.15) is 0 Å². The molecule has 3 saturated heterocycles. The second-order valence-electron chi connectivity index (χ2n) is 3.76. The molecule has 1 N–H and O–H groups in total. The van der Waals surface area contributed by atoms with Gasteiger partial charge >= 0.3 is 0 Å². The van der Waals surface area contributed by atoms with Crippen molar-refractivity contribution in [2.24, 2.45) is 11.8 Å². The van der Waals surface area contributed by atoms with Gasteiger partial charge in [-0.3, -0.25) is 0 Å². The van der Waals surface area contributed by atoms with Gasteiger partial charge in [0.05, 0.1) is 18.8 Å². The van der Waals surface area contributed by atoms with Crippen LogP contribution < -0.4 is 0 Å². The molecule has 0 radical (unpaired) electrons. The van der Waals surface area contributed by atoms with E-state index >= 15 is 0 Å². The van der Waals surface area contributed by atoms with Crippen molar-refractivity contribution in [2.75, 3.05) is 6.61 Å². The van der Waals surface area contributed by atoms with Gasteiger partial charge in [-0.1, -0.05) is 0 Å². The first kappa shape index (κ1) is 6.40. The van der Waals surface area contributed by atoms with Gasteiger partial charge in [-0.25, -0.2) is 0 Å². The number of ether oxygens (including phenoxy) is 2. The van der Waals surface area contributed by atoms with E-state index in [4.69, 9.17) is 9.47 Å². The molecule has 3 nitrogen and oxygen atoms in total. The monoisotopic (exact) mass is 156 g/mol. The highest BCUT2D eigenvalue weighted by Crippen LogP contribution is 2.48. The van der Waals surface area contributed by atoms with E-state index in [2.05, 4.69) is 0 Å². The minimum absolute atomic E-state index is 0.286. The molecule has 3 aliphatic heterocycles. The first-order chi connectivity index (χ1) is 5.36. The largest absolute Gasteiger partial charge is 0.374 e. The standard InChI is InChI=1S/C8H12O3/c9-8-7-4(3-10-8)5-1-2-6(7)11-5/h4-9H,1-3H2/t4-,5-,6+,7-,8+/m1/s1. The Morgan fingerprint density at radius 2 is 2.00 bits per heavy atom. The van der Waals surface area contributed by atoms with Gasteiger partial charge in [0, 0.05) is 11.8 Å². The van der Waals surface area contributed by atoms with Gasteiger partial charge in [-0.05, 0) is 12.8 Å². The average Bonchev–Trinajstić information content (AvgIpc) is 2.60. The van der Waals surface area contributed by atoms with Crippen molar-refractivity contribution < 1.29 is 14.6 Å². The Balaban J connectivity index is 1.91. The van der Waals surface area contributed by atoms with Crippen molar-refractivity contribution in [1.29, 1.82) is 0 Å². The van der Waals surface area contributed by atoms with E-state index in [0.717, 1.165) is 6.42 Å². The van der Waals surface area contributed by atoms with E-state index in [1.165, 1.54) is 6.42 Å². The summed E-state index contributed by atoms with van der Waals surface area (Å²) in [7, 11) is 0. The van der Waals surface area contributed by atoms with Crippen molar-refractivity contribution in [1.82, 2.24) is 0 Å². The number of aliphatic hydroxyl groups is 1. The van der Waals surface area contributed by atoms with Crippen LogP contribution in [0.25, 0.3) is 0 Å². The van der Waals surface area contributed by atoms with Gasteiger partial charge in [0.25, 0.3) is 0 Å². The zero-order chi connectivity index (χ0) is 7.42. The molecule has 0 spiro atoms. The highest BCUT2D eigenvalue weighted by molar-refractivity contribution is 4.99. The smallest absolute Gasteiger partial charge is 0.160 e. The zero-order valence-electron chi connectivity index (χ0n) is 6.27. The van der Waals surface area contributed by atoms with E-state index in [1.54, 1.807) is 0 Å². The lowest BCUT2D eigenvalue weighted by atomic mass is 9.81. The Labute approximate surface area is 65.3 Å². The Morgan fingerprint density at radius 1 is 1.18 bits per heavy atom. The van der Waals surface area contributed by atoms with Gasteiger partial charge in [0.15, 0.2) is 6.29 Å². The maximum atomic E-state index is 9.42. The van der Waals surface area contributed by atoms with Crippen molar-refractivity contribution in [3.63, 3.8) is 0 Å². The molecular formula is C8H12O3. The summed E-state index contributed by atoms with van der Waals surface area (Å²) in [6, 6.07) is 0. The average molecular weight is 156 g/mol. The van der Waals surface area contributed by atoms with Crippen molar-refractivity contribution in [2.45, 2.75) is 31.3 Å². The second kappa shape index (κ2) is 1.97. The molecule has 3 aliphatic rings. The van der Waals surface area contributed by atoms with E-state index in [-0.39, 0.29) is 5.92 Å². The van der Waals surface area contributed by atoms with Crippen molar-refractivity contribution >= 4 is 0 Å². The Bertz CT molecular complexity index is 182. The lowest BCUT2D eigenvalue weighted by Gasteiger charge is -2.19. The molecule has 5 atom stereocenters. The van der Waals surface area contributed by atoms with E-state index < -0.39 is 6.29 Å². The summed E-state index contributed by atoms with van der Waals surface area (Å²) in [5.41, 5.74) is 0. The molecule has 0 aromatic rings. The predicted molar refractivity (Wildman–Crippen MR) is 36.8 cm³/mol. The molecule has 0 saturated carbocycles. The molecule has 3 fully saturated rings. The number of rotatable bonds is 0. The quantitative estimate of drug-likeness (QED) is 0.541. The van der Waals surface area contributed by atoms with Crippen LogP contribution in [0.3, 0.4) is 0 Å². The fourth-order valence-electron chi connectivity index (χ4n) is 2.75. The van der Waals surface area contributed by atoms with Crippen LogP contribution in [-0.2, 0) is 9.47 Å². The van der Waals surface area contributed by atoms with E-state index in [0.29, 0.717) is 24.7 Å². The van der Waals surface area contributed by atoms with E-state index in [1.807, 2.05) is 0 Å². The summed E-state index contributed by atoms with van der Waals surface area (Å²) in [5.74, 6) is 0.775. The maximum Gasteiger partial charge on any atom is 0.160 e. The minimum atomic E-state index is -0.546. The van der Waals surface area contributed by atoms with Gasteiger partial charge in [-0.2, -0.15) is 0 Å². The SMILES string of the molecule is O[C@H]1OC[C@H]2[C@@H]1[C@@H]1CC[C@H]2O1. The molecule has 3 rings (SSSR count). The number of hydrogen-bond acceptors (Lipinski definition) is 3. The van der Waals surface area contributed by atoms with Crippen LogP contribution >= 0.6 is 0 Å². The van der Waals surface area contributed by atoms with Gasteiger partial charge in [-0.15, -0.1) is 0 Å². The summed E-state index contributed by atoms with van der Waals surface area (Å²) >= 11 is 0. The van der Waals surface area contributed by atoms with Gasteiger partial charge < -0.3 is 14.6 Å². The predicted octanol–water partition coefficient (Wildman–Crippen LogP) is 0.129. The van der Waals surface area contributed by atoms with Crippen LogP contribution in [0.4, 0.5) is 0 Å². The molecular weight excluding hydrogens is 144 g/mol. The number of hydrogen-bond donors (Lipinski definition) is 1. The first-order valence-electron chi connectivity index (χ1n) is 4.31. The molecule has 0 unspecified atom stereocenters. The van der Waals surface area contributed by atoms with Crippen LogP contribution in [0.1, 0.15) is 12.8 Å². The fraction of sp³-hybridized carbons (Fsp3) is 1.00. The third-order valence-corrected chi connectivity index (χ3v) is 3.28.